The Morgan fingerprint density at radius 1 is 1.26 bits per heavy atom. The molecule has 4 heteroatoms. The number of phenolic OH excluding ortho intramolecular Hbond substituents is 1. The lowest BCUT2D eigenvalue weighted by atomic mass is 10.0. The second-order valence-electron chi connectivity index (χ2n) is 5.13. The zero-order valence-corrected chi connectivity index (χ0v) is 11.7. The summed E-state index contributed by atoms with van der Waals surface area (Å²) in [5.74, 6) is 0.0524. The molecule has 19 heavy (non-hydrogen) atoms. The number of nitrogens with zero attached hydrogens (tertiary/aromatic N) is 1. The van der Waals surface area contributed by atoms with Crippen LogP contribution in [0.1, 0.15) is 50.1 Å². The molecule has 3 nitrogen and oxygen atoms in total. The number of rotatable bonds is 3. The van der Waals surface area contributed by atoms with Gasteiger partial charge in [0.05, 0.1) is 11.1 Å². The molecule has 0 bridgehead atoms. The van der Waals surface area contributed by atoms with Gasteiger partial charge in [-0.1, -0.05) is 43.4 Å². The highest BCUT2D eigenvalue weighted by Crippen LogP contribution is 2.27. The number of nitrogens with one attached hydrogen (secondary N) is 1. The molecule has 0 radical (unpaired) electrons. The normalized spacial score (nSPS) is 18.5. The molecule has 1 atom stereocenters. The molecule has 1 aliphatic carbocycles. The Morgan fingerprint density at radius 2 is 1.95 bits per heavy atom. The molecule has 1 fully saturated rings. The highest BCUT2D eigenvalue weighted by Gasteiger charge is 2.18. The third-order valence-electron chi connectivity index (χ3n) is 3.69. The van der Waals surface area contributed by atoms with Crippen LogP contribution in [0.2, 0.25) is 5.02 Å². The first kappa shape index (κ1) is 14.2. The Bertz CT molecular complexity index is 462. The summed E-state index contributed by atoms with van der Waals surface area (Å²) in [5.41, 5.74) is 0.814. The Kier molecular flexibility index (Phi) is 5.07. The van der Waals surface area contributed by atoms with Gasteiger partial charge >= 0.3 is 0 Å². The van der Waals surface area contributed by atoms with E-state index in [9.17, 15) is 10.4 Å². The van der Waals surface area contributed by atoms with E-state index in [1.54, 1.807) is 12.1 Å². The van der Waals surface area contributed by atoms with E-state index < -0.39 is 0 Å². The maximum absolute atomic E-state index is 9.42. The molecule has 0 spiro atoms. The van der Waals surface area contributed by atoms with Crippen molar-refractivity contribution in [3.8, 4) is 11.8 Å². The summed E-state index contributed by atoms with van der Waals surface area (Å²) in [6, 6.07) is 7.27. The van der Waals surface area contributed by atoms with E-state index in [4.69, 9.17) is 11.6 Å². The third kappa shape index (κ3) is 3.86. The molecule has 0 heterocycles. The van der Waals surface area contributed by atoms with Gasteiger partial charge in [-0.25, -0.2) is 0 Å². The second-order valence-corrected chi connectivity index (χ2v) is 5.54. The highest BCUT2D eigenvalue weighted by molar-refractivity contribution is 6.32. The van der Waals surface area contributed by atoms with Crippen molar-refractivity contribution in [2.24, 2.45) is 0 Å². The van der Waals surface area contributed by atoms with Gasteiger partial charge in [0.1, 0.15) is 11.8 Å². The zero-order chi connectivity index (χ0) is 13.7. The number of hydrogen-bond acceptors (Lipinski definition) is 3. The summed E-state index contributed by atoms with van der Waals surface area (Å²) in [4.78, 5) is 0. The molecule has 0 saturated heterocycles. The van der Waals surface area contributed by atoms with E-state index in [1.165, 1.54) is 31.7 Å². The monoisotopic (exact) mass is 278 g/mol. The van der Waals surface area contributed by atoms with Crippen molar-refractivity contribution in [2.45, 2.75) is 50.6 Å². The van der Waals surface area contributed by atoms with Crippen LogP contribution in [0, 0.1) is 11.3 Å². The Labute approximate surface area is 119 Å². The zero-order valence-electron chi connectivity index (χ0n) is 10.9. The quantitative estimate of drug-likeness (QED) is 0.824. The summed E-state index contributed by atoms with van der Waals surface area (Å²) in [5, 5.41) is 22.4. The van der Waals surface area contributed by atoms with Crippen LogP contribution in [0.25, 0.3) is 0 Å². The predicted octanol–water partition coefficient (Wildman–Crippen LogP) is 3.92. The first-order valence-corrected chi connectivity index (χ1v) is 7.22. The Morgan fingerprint density at radius 3 is 2.53 bits per heavy atom. The topological polar surface area (TPSA) is 56.0 Å². The molecule has 0 aromatic heterocycles. The summed E-state index contributed by atoms with van der Waals surface area (Å²) < 4.78 is 0. The van der Waals surface area contributed by atoms with Crippen LogP contribution >= 0.6 is 11.6 Å². The van der Waals surface area contributed by atoms with Gasteiger partial charge in [0.25, 0.3) is 0 Å². The van der Waals surface area contributed by atoms with E-state index in [1.807, 2.05) is 0 Å². The van der Waals surface area contributed by atoms with Gasteiger partial charge in [-0.05, 0) is 30.5 Å². The standard InChI is InChI=1S/C15H19ClN2O/c16-13-9-11(7-8-15(13)19)14(10-17)18-12-5-3-1-2-4-6-12/h7-9,12,14,18-19H,1-6H2. The maximum atomic E-state index is 9.42. The summed E-state index contributed by atoms with van der Waals surface area (Å²) in [6.07, 6.45) is 7.30. The molecule has 1 unspecified atom stereocenters. The smallest absolute Gasteiger partial charge is 0.134 e. The van der Waals surface area contributed by atoms with E-state index in [2.05, 4.69) is 11.4 Å². The van der Waals surface area contributed by atoms with E-state index in [0.29, 0.717) is 11.1 Å². The van der Waals surface area contributed by atoms with E-state index in [-0.39, 0.29) is 11.8 Å². The number of aromatic hydroxyl groups is 1. The molecule has 1 aromatic carbocycles. The van der Waals surface area contributed by atoms with Crippen LogP contribution < -0.4 is 5.32 Å². The molecular weight excluding hydrogens is 260 g/mol. The van der Waals surface area contributed by atoms with Gasteiger partial charge in [-0.15, -0.1) is 0 Å². The largest absolute Gasteiger partial charge is 0.506 e. The van der Waals surface area contributed by atoms with Crippen LogP contribution in [0.3, 0.4) is 0 Å². The molecule has 0 aliphatic heterocycles. The van der Waals surface area contributed by atoms with Crippen molar-refractivity contribution in [3.63, 3.8) is 0 Å². The first-order chi connectivity index (χ1) is 9.20. The lowest BCUT2D eigenvalue weighted by Crippen LogP contribution is -2.31. The fourth-order valence-corrected chi connectivity index (χ4v) is 2.78. The molecule has 1 aliphatic rings. The van der Waals surface area contributed by atoms with Crippen LogP contribution in [-0.4, -0.2) is 11.1 Å². The highest BCUT2D eigenvalue weighted by atomic mass is 35.5. The number of benzene rings is 1. The fraction of sp³-hybridized carbons (Fsp3) is 0.533. The Hall–Kier alpha value is -1.24. The van der Waals surface area contributed by atoms with Crippen molar-refractivity contribution >= 4 is 11.6 Å². The lowest BCUT2D eigenvalue weighted by Gasteiger charge is -2.20. The minimum Gasteiger partial charge on any atom is -0.506 e. The lowest BCUT2D eigenvalue weighted by molar-refractivity contribution is 0.436. The third-order valence-corrected chi connectivity index (χ3v) is 3.99. The molecule has 1 saturated carbocycles. The van der Waals surface area contributed by atoms with E-state index >= 15 is 0 Å². The summed E-state index contributed by atoms with van der Waals surface area (Å²) in [6.45, 7) is 0. The molecule has 0 amide bonds. The maximum Gasteiger partial charge on any atom is 0.134 e. The minimum atomic E-state index is -0.360. The van der Waals surface area contributed by atoms with Gasteiger partial charge in [-0.2, -0.15) is 5.26 Å². The summed E-state index contributed by atoms with van der Waals surface area (Å²) >= 11 is 5.90. The number of phenols is 1. The van der Waals surface area contributed by atoms with Gasteiger partial charge in [0.15, 0.2) is 0 Å². The predicted molar refractivity (Wildman–Crippen MR) is 76.1 cm³/mol. The fourth-order valence-electron chi connectivity index (χ4n) is 2.59. The summed E-state index contributed by atoms with van der Waals surface area (Å²) in [7, 11) is 0. The van der Waals surface area contributed by atoms with Gasteiger partial charge in [0.2, 0.25) is 0 Å². The first-order valence-electron chi connectivity index (χ1n) is 6.85. The van der Waals surface area contributed by atoms with Crippen molar-refractivity contribution in [1.82, 2.24) is 5.32 Å². The average molecular weight is 279 g/mol. The molecule has 102 valence electrons. The van der Waals surface area contributed by atoms with E-state index in [0.717, 1.165) is 18.4 Å². The number of nitriles is 1. The van der Waals surface area contributed by atoms with Crippen molar-refractivity contribution in [3.05, 3.63) is 28.8 Å². The van der Waals surface area contributed by atoms with Crippen LogP contribution in [0.15, 0.2) is 18.2 Å². The molecular formula is C15H19ClN2O. The van der Waals surface area contributed by atoms with Gasteiger partial charge in [-0.3, -0.25) is 5.32 Å². The van der Waals surface area contributed by atoms with Gasteiger partial charge < -0.3 is 5.11 Å². The number of hydrogen-bond donors (Lipinski definition) is 2. The number of halogens is 1. The minimum absolute atomic E-state index is 0.0524. The Balaban J connectivity index is 2.06. The van der Waals surface area contributed by atoms with Crippen molar-refractivity contribution in [1.29, 1.82) is 5.26 Å². The molecule has 1 aromatic rings. The average Bonchev–Trinajstić information content (AvgIpc) is 2.68. The van der Waals surface area contributed by atoms with Gasteiger partial charge in [0, 0.05) is 6.04 Å². The van der Waals surface area contributed by atoms with Crippen LogP contribution in [-0.2, 0) is 0 Å². The van der Waals surface area contributed by atoms with Crippen LogP contribution in [0.5, 0.6) is 5.75 Å². The SMILES string of the molecule is N#CC(NC1CCCCCC1)c1ccc(O)c(Cl)c1. The van der Waals surface area contributed by atoms with Crippen LogP contribution in [0.4, 0.5) is 0 Å². The molecule has 2 rings (SSSR count). The second kappa shape index (κ2) is 6.79. The molecule has 2 N–H and O–H groups in total. The van der Waals surface area contributed by atoms with Crippen molar-refractivity contribution < 1.29 is 5.11 Å². The van der Waals surface area contributed by atoms with Crippen molar-refractivity contribution in [2.75, 3.05) is 0 Å².